The Labute approximate surface area is 277 Å². The second-order valence-electron chi connectivity index (χ2n) is 9.32. The van der Waals surface area contributed by atoms with Crippen LogP contribution in [0.3, 0.4) is 0 Å². The quantitative estimate of drug-likeness (QED) is 0.195. The molecule has 42 heavy (non-hydrogen) atoms. The third-order valence-electron chi connectivity index (χ3n) is 6.45. The Hall–Kier alpha value is -2.34. The number of amides is 1. The van der Waals surface area contributed by atoms with Crippen molar-refractivity contribution in [1.82, 2.24) is 5.32 Å². The van der Waals surface area contributed by atoms with Gasteiger partial charge in [0, 0.05) is 16.1 Å². The molecule has 0 saturated carbocycles. The molecule has 0 aliphatic rings. The standard InChI is InChI=1S/C31H28Cl3NO5S.Li.H/c1-18-5-3-4-6-22(18)24-15-19(7-12-23(24)30(36)35-25(31(37)38)13-14-41-2)16-39-17-26-27(33)28(34)29(40-26)20-8-10-21(32)11-9-20;;/h3-12,15,25H,13-14,16-17H2,1-2H3,(H,35,36)(H,37,38);;/q;+1;-1. The Morgan fingerprint density at radius 1 is 1.00 bits per heavy atom. The van der Waals surface area contributed by atoms with E-state index in [1.807, 2.05) is 43.5 Å². The van der Waals surface area contributed by atoms with Gasteiger partial charge in [-0.25, -0.2) is 4.79 Å². The molecule has 0 aliphatic carbocycles. The molecule has 1 unspecified atom stereocenters. The van der Waals surface area contributed by atoms with E-state index >= 15 is 0 Å². The zero-order chi connectivity index (χ0) is 29.5. The van der Waals surface area contributed by atoms with Crippen LogP contribution < -0.4 is 24.2 Å². The van der Waals surface area contributed by atoms with Crippen molar-refractivity contribution in [1.29, 1.82) is 0 Å². The molecule has 3 aromatic carbocycles. The van der Waals surface area contributed by atoms with Gasteiger partial charge < -0.3 is 21.0 Å². The normalized spacial score (nSPS) is 11.5. The van der Waals surface area contributed by atoms with E-state index in [0.717, 1.165) is 22.3 Å². The van der Waals surface area contributed by atoms with Crippen LogP contribution in [-0.4, -0.2) is 35.0 Å². The number of nitrogens with one attached hydrogen (secondary N) is 1. The molecule has 2 N–H and O–H groups in total. The Balaban J connectivity index is 0.00000323. The zero-order valence-electron chi connectivity index (χ0n) is 24.4. The first-order valence-electron chi connectivity index (χ1n) is 12.7. The van der Waals surface area contributed by atoms with Crippen molar-refractivity contribution in [3.63, 3.8) is 0 Å². The summed E-state index contributed by atoms with van der Waals surface area (Å²) in [5.74, 6) is -0.0747. The van der Waals surface area contributed by atoms with E-state index in [0.29, 0.717) is 44.9 Å². The Kier molecular flexibility index (Phi) is 13.0. The van der Waals surface area contributed by atoms with Gasteiger partial charge in [0.1, 0.15) is 22.7 Å². The summed E-state index contributed by atoms with van der Waals surface area (Å²) in [5, 5.41) is 13.5. The van der Waals surface area contributed by atoms with E-state index in [4.69, 9.17) is 44.0 Å². The molecule has 0 saturated heterocycles. The second-order valence-corrected chi connectivity index (χ2v) is 11.5. The van der Waals surface area contributed by atoms with Crippen LogP contribution in [0.25, 0.3) is 22.5 Å². The SMILES string of the molecule is CSCCC(NC(=O)c1ccc(COCc2oc(-c3ccc(Cl)cc3)c(Cl)c2Cl)cc1-c1ccccc1C)C(=O)O.[H-].[Li+]. The molecule has 11 heteroatoms. The monoisotopic (exact) mass is 639 g/mol. The zero-order valence-corrected chi connectivity index (χ0v) is 26.5. The van der Waals surface area contributed by atoms with E-state index in [9.17, 15) is 14.7 Å². The summed E-state index contributed by atoms with van der Waals surface area (Å²) in [7, 11) is 0. The number of halogens is 3. The van der Waals surface area contributed by atoms with E-state index in [2.05, 4.69) is 5.32 Å². The van der Waals surface area contributed by atoms with Gasteiger partial charge in [0.05, 0.1) is 6.61 Å². The number of furan rings is 1. The summed E-state index contributed by atoms with van der Waals surface area (Å²) in [6, 6.07) is 19.1. The minimum Gasteiger partial charge on any atom is -1.00 e. The number of carbonyl (C=O) groups excluding carboxylic acids is 1. The van der Waals surface area contributed by atoms with Crippen molar-refractivity contribution in [3.05, 3.63) is 104 Å². The van der Waals surface area contributed by atoms with Gasteiger partial charge in [-0.15, -0.1) is 0 Å². The van der Waals surface area contributed by atoms with Crippen molar-refractivity contribution in [2.45, 2.75) is 32.6 Å². The van der Waals surface area contributed by atoms with Crippen molar-refractivity contribution in [2.24, 2.45) is 0 Å². The first kappa shape index (κ1) is 34.2. The average Bonchev–Trinajstić information content (AvgIpc) is 3.24. The predicted octanol–water partition coefficient (Wildman–Crippen LogP) is 5.65. The molecule has 0 fully saturated rings. The van der Waals surface area contributed by atoms with E-state index in [1.54, 1.807) is 36.4 Å². The minimum atomic E-state index is -1.06. The van der Waals surface area contributed by atoms with Crippen LogP contribution in [0.2, 0.25) is 15.1 Å². The number of aliphatic carboxylic acids is 1. The largest absolute Gasteiger partial charge is 1.00 e. The maximum atomic E-state index is 13.3. The number of hydrogen-bond donors (Lipinski definition) is 2. The summed E-state index contributed by atoms with van der Waals surface area (Å²) >= 11 is 20.4. The number of hydrogen-bond acceptors (Lipinski definition) is 5. The number of ether oxygens (including phenoxy) is 1. The number of carboxylic acids is 1. The molecule has 0 bridgehead atoms. The van der Waals surface area contributed by atoms with Crippen LogP contribution in [0.1, 0.15) is 35.1 Å². The molecule has 1 amide bonds. The fourth-order valence-electron chi connectivity index (χ4n) is 4.28. The second kappa shape index (κ2) is 15.9. The van der Waals surface area contributed by atoms with Gasteiger partial charge in [0.15, 0.2) is 11.5 Å². The van der Waals surface area contributed by atoms with Crippen LogP contribution in [-0.2, 0) is 22.7 Å². The maximum Gasteiger partial charge on any atom is 1.00 e. The predicted molar refractivity (Wildman–Crippen MR) is 167 cm³/mol. The summed E-state index contributed by atoms with van der Waals surface area (Å²) in [6.45, 7) is 2.24. The van der Waals surface area contributed by atoms with Crippen LogP contribution in [0.4, 0.5) is 0 Å². The molecule has 1 atom stereocenters. The number of thioether (sulfide) groups is 1. The minimum absolute atomic E-state index is 0. The molecule has 0 radical (unpaired) electrons. The Bertz CT molecular complexity index is 1550. The molecule has 1 aromatic heterocycles. The third-order valence-corrected chi connectivity index (χ3v) is 8.20. The topological polar surface area (TPSA) is 88.8 Å². The van der Waals surface area contributed by atoms with Crippen molar-refractivity contribution >= 4 is 58.4 Å². The number of aryl methyl sites for hydroxylation is 1. The van der Waals surface area contributed by atoms with Crippen molar-refractivity contribution in [3.8, 4) is 22.5 Å². The summed E-state index contributed by atoms with van der Waals surface area (Å²) in [6.07, 6.45) is 2.22. The first-order chi connectivity index (χ1) is 19.7. The molecule has 6 nitrogen and oxygen atoms in total. The van der Waals surface area contributed by atoms with Gasteiger partial charge in [0.25, 0.3) is 5.91 Å². The molecule has 4 rings (SSSR count). The first-order valence-corrected chi connectivity index (χ1v) is 15.2. The van der Waals surface area contributed by atoms with E-state index in [-0.39, 0.29) is 38.5 Å². The van der Waals surface area contributed by atoms with E-state index in [1.165, 1.54) is 11.8 Å². The fourth-order valence-corrected chi connectivity index (χ4v) is 5.31. The van der Waals surface area contributed by atoms with Crippen molar-refractivity contribution < 1.29 is 44.1 Å². The molecule has 4 aromatic rings. The van der Waals surface area contributed by atoms with Gasteiger partial charge >= 0.3 is 24.8 Å². The maximum absolute atomic E-state index is 13.3. The summed E-state index contributed by atoms with van der Waals surface area (Å²) in [5.41, 5.74) is 4.45. The number of benzene rings is 3. The molecular weight excluding hydrogens is 612 g/mol. The van der Waals surface area contributed by atoms with Crippen LogP contribution in [0.5, 0.6) is 0 Å². The average molecular weight is 641 g/mol. The number of rotatable bonds is 12. The van der Waals surface area contributed by atoms with E-state index < -0.39 is 17.9 Å². The molecule has 1 heterocycles. The smallest absolute Gasteiger partial charge is 1.00 e. The van der Waals surface area contributed by atoms with Gasteiger partial charge in [-0.3, -0.25) is 4.79 Å². The van der Waals surface area contributed by atoms with Crippen molar-refractivity contribution in [2.75, 3.05) is 12.0 Å². The van der Waals surface area contributed by atoms with Crippen LogP contribution in [0, 0.1) is 6.92 Å². The summed E-state index contributed by atoms with van der Waals surface area (Å²) < 4.78 is 11.9. The molecule has 0 spiro atoms. The fraction of sp³-hybridized carbons (Fsp3) is 0.226. The summed E-state index contributed by atoms with van der Waals surface area (Å²) in [4.78, 5) is 25.0. The van der Waals surface area contributed by atoms with Gasteiger partial charge in [-0.1, -0.05) is 65.1 Å². The molecule has 216 valence electrons. The van der Waals surface area contributed by atoms with Gasteiger partial charge in [0.2, 0.25) is 0 Å². The van der Waals surface area contributed by atoms with Gasteiger partial charge in [-0.2, -0.15) is 11.8 Å². The van der Waals surface area contributed by atoms with Gasteiger partial charge in [-0.05, 0) is 84.0 Å². The molecule has 0 aliphatic heterocycles. The Morgan fingerprint density at radius 2 is 1.71 bits per heavy atom. The third kappa shape index (κ3) is 8.39. The number of carboxylic acid groups (broad SMARTS) is 1. The van der Waals surface area contributed by atoms with Crippen LogP contribution >= 0.6 is 46.6 Å². The number of carbonyl (C=O) groups is 2. The molecular formula is C31H29Cl3LiNO5S. The van der Waals surface area contributed by atoms with Crippen LogP contribution in [0.15, 0.2) is 71.1 Å². The Morgan fingerprint density at radius 3 is 2.38 bits per heavy atom.